The number of amides is 2. The van der Waals surface area contributed by atoms with Crippen molar-refractivity contribution in [1.29, 1.82) is 0 Å². The molecular formula is C44H52N10O4. The predicted octanol–water partition coefficient (Wildman–Crippen LogP) is 4.99. The van der Waals surface area contributed by atoms with E-state index in [4.69, 9.17) is 20.4 Å². The number of hydrogen-bond donors (Lipinski definition) is 3. The Hall–Kier alpha value is -5.50. The number of carbonyl (C=O) groups excluding carboxylic acids is 2. The molecule has 302 valence electrons. The molecule has 0 spiro atoms. The first kappa shape index (κ1) is 36.8. The van der Waals surface area contributed by atoms with Crippen molar-refractivity contribution in [3.63, 3.8) is 0 Å². The molecule has 1 aliphatic carbocycles. The van der Waals surface area contributed by atoms with Crippen molar-refractivity contribution in [3.05, 3.63) is 72.1 Å². The minimum atomic E-state index is -0.335. The van der Waals surface area contributed by atoms with Gasteiger partial charge in [0.15, 0.2) is 5.82 Å². The van der Waals surface area contributed by atoms with Crippen LogP contribution in [0.25, 0.3) is 11.3 Å². The molecule has 5 fully saturated rings. The maximum Gasteiger partial charge on any atom is 0.249 e. The van der Waals surface area contributed by atoms with E-state index in [2.05, 4.69) is 59.4 Å². The minimum absolute atomic E-state index is 0.170. The SMILES string of the molecule is Nc1nnc(-c2ccccc2O)cc1N1C[C@H]2CC[C@@H](C1)N2c1nccc(C2CCN([C@H]3CC[C@H](c4cccc5c4OCCN5[C@@H]4CCC(=O)NC4=O)CC3)CC2)n1. The number of carbonyl (C=O) groups is 2. The predicted molar refractivity (Wildman–Crippen MR) is 221 cm³/mol. The molecule has 10 rings (SSSR count). The van der Waals surface area contributed by atoms with Gasteiger partial charge in [0.2, 0.25) is 17.8 Å². The fourth-order valence-electron chi connectivity index (χ4n) is 10.8. The summed E-state index contributed by atoms with van der Waals surface area (Å²) in [7, 11) is 0. The normalized spacial score (nSPS) is 26.6. The zero-order valence-corrected chi connectivity index (χ0v) is 32.9. The molecule has 4 aromatic rings. The second-order valence-corrected chi connectivity index (χ2v) is 17.0. The van der Waals surface area contributed by atoms with Crippen LogP contribution in [-0.2, 0) is 9.59 Å². The summed E-state index contributed by atoms with van der Waals surface area (Å²) in [5.41, 5.74) is 11.9. The smallest absolute Gasteiger partial charge is 0.249 e. The Bertz CT molecular complexity index is 2170. The average molecular weight is 785 g/mol. The van der Waals surface area contributed by atoms with Crippen LogP contribution >= 0.6 is 0 Å². The summed E-state index contributed by atoms with van der Waals surface area (Å²) < 4.78 is 6.31. The van der Waals surface area contributed by atoms with Crippen LogP contribution in [0.5, 0.6) is 11.5 Å². The van der Waals surface area contributed by atoms with Crippen LogP contribution in [0.3, 0.4) is 0 Å². The molecule has 1 saturated carbocycles. The number of piperazine rings is 1. The van der Waals surface area contributed by atoms with E-state index in [1.54, 1.807) is 12.1 Å². The molecule has 6 aliphatic rings. The molecule has 2 bridgehead atoms. The highest BCUT2D eigenvalue weighted by atomic mass is 16.5. The van der Waals surface area contributed by atoms with E-state index < -0.39 is 0 Å². The Kier molecular flexibility index (Phi) is 9.74. The second kappa shape index (κ2) is 15.3. The molecule has 2 aromatic heterocycles. The number of phenolic OH excluding ortho intramolecular Hbond substituents is 1. The number of para-hydroxylation sites is 2. The number of aromatic nitrogens is 4. The van der Waals surface area contributed by atoms with Crippen LogP contribution < -0.4 is 30.5 Å². The molecule has 14 heteroatoms. The van der Waals surface area contributed by atoms with Gasteiger partial charge in [0.05, 0.1) is 23.6 Å². The highest BCUT2D eigenvalue weighted by molar-refractivity contribution is 6.02. The van der Waals surface area contributed by atoms with Crippen LogP contribution in [0, 0.1) is 0 Å². The van der Waals surface area contributed by atoms with E-state index in [-0.39, 0.29) is 35.7 Å². The fraction of sp³-hybridized carbons (Fsp3) is 0.500. The number of nitrogens with zero attached hydrogens (tertiary/aromatic N) is 8. The number of ether oxygens (including phenoxy) is 1. The van der Waals surface area contributed by atoms with E-state index >= 15 is 0 Å². The van der Waals surface area contributed by atoms with Gasteiger partial charge in [-0.2, -0.15) is 0 Å². The molecule has 14 nitrogen and oxygen atoms in total. The summed E-state index contributed by atoms with van der Waals surface area (Å²) in [5, 5.41) is 21.5. The lowest BCUT2D eigenvalue weighted by atomic mass is 9.79. The number of benzene rings is 2. The molecule has 0 radical (unpaired) electrons. The first-order chi connectivity index (χ1) is 28.4. The summed E-state index contributed by atoms with van der Waals surface area (Å²) in [6.07, 6.45) is 11.8. The number of nitrogens with two attached hydrogens (primary N) is 1. The minimum Gasteiger partial charge on any atom is -0.507 e. The summed E-state index contributed by atoms with van der Waals surface area (Å²) >= 11 is 0. The van der Waals surface area contributed by atoms with Crippen LogP contribution in [0.4, 0.5) is 23.1 Å². The number of nitrogen functional groups attached to an aromatic ring is 1. The van der Waals surface area contributed by atoms with E-state index in [1.807, 2.05) is 24.4 Å². The van der Waals surface area contributed by atoms with Crippen LogP contribution in [0.2, 0.25) is 0 Å². The fourth-order valence-corrected chi connectivity index (χ4v) is 10.8. The van der Waals surface area contributed by atoms with E-state index in [0.717, 1.165) is 93.5 Å². The Morgan fingerprint density at radius 1 is 0.793 bits per heavy atom. The molecule has 4 saturated heterocycles. The van der Waals surface area contributed by atoms with Crippen molar-refractivity contribution in [3.8, 4) is 22.8 Å². The van der Waals surface area contributed by atoms with Crippen molar-refractivity contribution in [2.24, 2.45) is 0 Å². The molecule has 58 heavy (non-hydrogen) atoms. The van der Waals surface area contributed by atoms with Gasteiger partial charge in [-0.3, -0.25) is 14.9 Å². The van der Waals surface area contributed by atoms with Gasteiger partial charge >= 0.3 is 0 Å². The van der Waals surface area contributed by atoms with Crippen molar-refractivity contribution < 1.29 is 19.4 Å². The summed E-state index contributed by atoms with van der Waals surface area (Å²) in [6.45, 7) is 4.94. The number of rotatable bonds is 7. The molecule has 7 heterocycles. The first-order valence-corrected chi connectivity index (χ1v) is 21.3. The lowest BCUT2D eigenvalue weighted by Crippen LogP contribution is -2.54. The number of fused-ring (bicyclic) bond motifs is 3. The van der Waals surface area contributed by atoms with Gasteiger partial charge in [-0.25, -0.2) is 9.97 Å². The largest absolute Gasteiger partial charge is 0.507 e. The van der Waals surface area contributed by atoms with Crippen molar-refractivity contribution in [2.75, 3.05) is 59.8 Å². The standard InChI is InChI=1S/C44H52N10O4/c45-42-38(24-35(49-50-42)33-4-1-2-7-39(33)55)52-25-30-12-13-31(26-52)54(30)44-46-19-16-34(47-44)28-17-20-51(21-18-28)29-10-8-27(9-11-29)32-5-3-6-36-41(32)58-23-22-53(36)37-14-15-40(56)48-43(37)57/h1-7,16,19,24,27-31,37,55H,8-15,17-18,20-23,25-26H2,(H2,45,50)(H,48,56,57)/t27-,29-,30-,31+,37-/m1/s1. The molecule has 5 aliphatic heterocycles. The van der Waals surface area contributed by atoms with Crippen molar-refractivity contribution in [1.82, 2.24) is 30.4 Å². The van der Waals surface area contributed by atoms with Gasteiger partial charge in [0.1, 0.15) is 24.1 Å². The third kappa shape index (κ3) is 6.84. The number of aromatic hydroxyl groups is 1. The number of likely N-dealkylation sites (tertiary alicyclic amines) is 1. The number of piperidine rings is 2. The maximum atomic E-state index is 12.8. The van der Waals surface area contributed by atoms with E-state index in [1.165, 1.54) is 18.4 Å². The highest BCUT2D eigenvalue weighted by Gasteiger charge is 2.43. The summed E-state index contributed by atoms with van der Waals surface area (Å²) in [4.78, 5) is 44.3. The molecule has 4 N–H and O–H groups in total. The van der Waals surface area contributed by atoms with E-state index in [0.29, 0.717) is 60.9 Å². The average Bonchev–Trinajstić information content (AvgIpc) is 3.52. The third-order valence-corrected chi connectivity index (χ3v) is 13.8. The van der Waals surface area contributed by atoms with Crippen molar-refractivity contribution in [2.45, 2.75) is 100 Å². The quantitative estimate of drug-likeness (QED) is 0.215. The summed E-state index contributed by atoms with van der Waals surface area (Å²) in [5.74, 6) is 2.80. The molecule has 3 atom stereocenters. The highest BCUT2D eigenvalue weighted by Crippen LogP contribution is 2.46. The Balaban J connectivity index is 0.753. The Morgan fingerprint density at radius 2 is 1.57 bits per heavy atom. The maximum absolute atomic E-state index is 12.8. The molecule has 2 amide bonds. The molecular weight excluding hydrogens is 733 g/mol. The van der Waals surface area contributed by atoms with Crippen LogP contribution in [-0.4, -0.2) is 105 Å². The lowest BCUT2D eigenvalue weighted by Gasteiger charge is -2.43. The lowest BCUT2D eigenvalue weighted by molar-refractivity contribution is -0.134. The molecule has 0 unspecified atom stereocenters. The topological polar surface area (TPSA) is 166 Å². The van der Waals surface area contributed by atoms with Gasteiger partial charge in [-0.1, -0.05) is 24.3 Å². The van der Waals surface area contributed by atoms with Gasteiger partial charge < -0.3 is 35.2 Å². The number of anilines is 4. The Labute approximate surface area is 338 Å². The summed E-state index contributed by atoms with van der Waals surface area (Å²) in [6, 6.07) is 18.4. The van der Waals surface area contributed by atoms with Gasteiger partial charge in [0, 0.05) is 61.0 Å². The van der Waals surface area contributed by atoms with Gasteiger partial charge in [0.25, 0.3) is 0 Å². The number of imide groups is 1. The van der Waals surface area contributed by atoms with Crippen LogP contribution in [0.1, 0.15) is 87.3 Å². The number of hydrogen-bond acceptors (Lipinski definition) is 13. The number of nitrogens with one attached hydrogen (secondary N) is 1. The zero-order chi connectivity index (χ0) is 39.3. The Morgan fingerprint density at radius 3 is 2.34 bits per heavy atom. The second-order valence-electron chi connectivity index (χ2n) is 17.0. The van der Waals surface area contributed by atoms with Crippen LogP contribution in [0.15, 0.2) is 60.8 Å². The number of phenols is 1. The molecule has 2 aromatic carbocycles. The monoisotopic (exact) mass is 784 g/mol. The van der Waals surface area contributed by atoms with Crippen molar-refractivity contribution >= 4 is 35.0 Å². The third-order valence-electron chi connectivity index (χ3n) is 13.8. The van der Waals surface area contributed by atoms with Gasteiger partial charge in [-0.15, -0.1) is 10.2 Å². The van der Waals surface area contributed by atoms with Gasteiger partial charge in [-0.05, 0) is 113 Å². The zero-order valence-electron chi connectivity index (χ0n) is 32.9. The van der Waals surface area contributed by atoms with E-state index in [9.17, 15) is 14.7 Å². The first-order valence-electron chi connectivity index (χ1n) is 21.3.